The Balaban J connectivity index is 1.87. The van der Waals surface area contributed by atoms with Crippen LogP contribution in [0.1, 0.15) is 12.0 Å². The molecule has 0 saturated heterocycles. The molecule has 0 saturated carbocycles. The second kappa shape index (κ2) is 7.89. The summed E-state index contributed by atoms with van der Waals surface area (Å²) in [4.78, 5) is 12.9. The molecule has 2 rings (SSSR count). The third kappa shape index (κ3) is 4.91. The van der Waals surface area contributed by atoms with E-state index < -0.39 is 10.0 Å². The van der Waals surface area contributed by atoms with Gasteiger partial charge in [-0.15, -0.1) is 0 Å². The molecular weight excluding hydrogens is 312 g/mol. The van der Waals surface area contributed by atoms with Crippen molar-refractivity contribution in [3.8, 4) is 0 Å². The fourth-order valence-corrected chi connectivity index (χ4v) is 3.19. The highest BCUT2D eigenvalue weighted by molar-refractivity contribution is 7.89. The van der Waals surface area contributed by atoms with Crippen LogP contribution in [0, 0.1) is 6.92 Å². The lowest BCUT2D eigenvalue weighted by atomic mass is 10.2. The highest BCUT2D eigenvalue weighted by atomic mass is 32.2. The van der Waals surface area contributed by atoms with Gasteiger partial charge < -0.3 is 4.90 Å². The number of sulfonamides is 1. The number of carbonyl (C=O) groups is 1. The first-order valence-corrected chi connectivity index (χ1v) is 8.84. The molecule has 0 aromatic heterocycles. The van der Waals surface area contributed by atoms with Gasteiger partial charge in [-0.2, -0.15) is 0 Å². The standard InChI is InChI=1S/C17H20N2O3S/c1-15-8-10-17(11-9-15)23(21,22)18-12-5-13-19(14-20)16-6-3-2-4-7-16/h2-4,6-11,14,18H,5,12-13H2,1H3. The molecule has 6 heteroatoms. The van der Waals surface area contributed by atoms with Crippen LogP contribution in [-0.4, -0.2) is 27.9 Å². The molecule has 0 aliphatic carbocycles. The molecule has 5 nitrogen and oxygen atoms in total. The van der Waals surface area contributed by atoms with E-state index in [-0.39, 0.29) is 11.4 Å². The molecule has 122 valence electrons. The van der Waals surface area contributed by atoms with Crippen LogP contribution in [0.3, 0.4) is 0 Å². The van der Waals surface area contributed by atoms with Gasteiger partial charge in [0.15, 0.2) is 0 Å². The third-order valence-corrected chi connectivity index (χ3v) is 4.89. The Morgan fingerprint density at radius 2 is 1.70 bits per heavy atom. The van der Waals surface area contributed by atoms with Gasteiger partial charge in [-0.05, 0) is 37.6 Å². The zero-order valence-electron chi connectivity index (χ0n) is 13.0. The van der Waals surface area contributed by atoms with Crippen LogP contribution >= 0.6 is 0 Å². The van der Waals surface area contributed by atoms with Crippen molar-refractivity contribution in [3.63, 3.8) is 0 Å². The summed E-state index contributed by atoms with van der Waals surface area (Å²) in [6, 6.07) is 15.9. The van der Waals surface area contributed by atoms with Gasteiger partial charge in [-0.25, -0.2) is 13.1 Å². The van der Waals surface area contributed by atoms with Gasteiger partial charge >= 0.3 is 0 Å². The van der Waals surface area contributed by atoms with Crippen molar-refractivity contribution in [3.05, 3.63) is 60.2 Å². The summed E-state index contributed by atoms with van der Waals surface area (Å²) in [5, 5.41) is 0. The predicted molar refractivity (Wildman–Crippen MR) is 90.8 cm³/mol. The molecule has 0 fully saturated rings. The molecule has 0 aliphatic rings. The largest absolute Gasteiger partial charge is 0.315 e. The summed E-state index contributed by atoms with van der Waals surface area (Å²) in [5.74, 6) is 0. The normalized spacial score (nSPS) is 11.2. The van der Waals surface area contributed by atoms with Crippen LogP contribution in [0.5, 0.6) is 0 Å². The molecule has 0 spiro atoms. The maximum absolute atomic E-state index is 12.1. The van der Waals surface area contributed by atoms with Crippen molar-refractivity contribution in [1.29, 1.82) is 0 Å². The minimum atomic E-state index is -3.50. The first-order valence-electron chi connectivity index (χ1n) is 7.36. The Hall–Kier alpha value is -2.18. The van der Waals surface area contributed by atoms with E-state index in [9.17, 15) is 13.2 Å². The molecule has 1 N–H and O–H groups in total. The van der Waals surface area contributed by atoms with E-state index in [0.29, 0.717) is 13.0 Å². The smallest absolute Gasteiger partial charge is 0.240 e. The summed E-state index contributed by atoms with van der Waals surface area (Å²) in [7, 11) is -3.50. The molecular formula is C17H20N2O3S. The average molecular weight is 332 g/mol. The summed E-state index contributed by atoms with van der Waals surface area (Å²) >= 11 is 0. The fourth-order valence-electron chi connectivity index (χ4n) is 2.12. The lowest BCUT2D eigenvalue weighted by Crippen LogP contribution is -2.29. The van der Waals surface area contributed by atoms with Crippen LogP contribution in [-0.2, 0) is 14.8 Å². The van der Waals surface area contributed by atoms with Gasteiger partial charge in [0, 0.05) is 18.8 Å². The minimum Gasteiger partial charge on any atom is -0.315 e. The number of hydrogen-bond donors (Lipinski definition) is 1. The zero-order chi connectivity index (χ0) is 16.7. The lowest BCUT2D eigenvalue weighted by molar-refractivity contribution is -0.107. The Kier molecular flexibility index (Phi) is 5.90. The zero-order valence-corrected chi connectivity index (χ0v) is 13.8. The number of anilines is 1. The van der Waals surface area contributed by atoms with E-state index in [4.69, 9.17) is 0 Å². The molecule has 0 aliphatic heterocycles. The molecule has 2 aromatic rings. The SMILES string of the molecule is Cc1ccc(S(=O)(=O)NCCCN(C=O)c2ccccc2)cc1. The summed E-state index contributed by atoms with van der Waals surface area (Å²) in [6.45, 7) is 2.62. The Bertz CT molecular complexity index is 728. The van der Waals surface area contributed by atoms with Crippen molar-refractivity contribution in [2.45, 2.75) is 18.2 Å². The highest BCUT2D eigenvalue weighted by Crippen LogP contribution is 2.12. The van der Waals surface area contributed by atoms with E-state index in [1.807, 2.05) is 37.3 Å². The van der Waals surface area contributed by atoms with Crippen LogP contribution in [0.15, 0.2) is 59.5 Å². The molecule has 0 unspecified atom stereocenters. The number of aryl methyl sites for hydroxylation is 1. The number of carbonyl (C=O) groups excluding carboxylic acids is 1. The Morgan fingerprint density at radius 3 is 2.30 bits per heavy atom. The summed E-state index contributed by atoms with van der Waals surface area (Å²) < 4.78 is 26.8. The lowest BCUT2D eigenvalue weighted by Gasteiger charge is -2.17. The van der Waals surface area contributed by atoms with Crippen LogP contribution < -0.4 is 9.62 Å². The highest BCUT2D eigenvalue weighted by Gasteiger charge is 2.13. The van der Waals surface area contributed by atoms with Crippen molar-refractivity contribution in [2.75, 3.05) is 18.0 Å². The Morgan fingerprint density at radius 1 is 1.04 bits per heavy atom. The van der Waals surface area contributed by atoms with Crippen LogP contribution in [0.25, 0.3) is 0 Å². The molecule has 0 bridgehead atoms. The molecule has 1 amide bonds. The van der Waals surface area contributed by atoms with Crippen molar-refractivity contribution < 1.29 is 13.2 Å². The van der Waals surface area contributed by atoms with Crippen LogP contribution in [0.2, 0.25) is 0 Å². The van der Waals surface area contributed by atoms with E-state index >= 15 is 0 Å². The number of nitrogens with zero attached hydrogens (tertiary/aromatic N) is 1. The predicted octanol–water partition coefficient (Wildman–Crippen LogP) is 2.33. The Labute approximate surface area is 137 Å². The number of para-hydroxylation sites is 1. The maximum atomic E-state index is 12.1. The second-order valence-corrected chi connectivity index (χ2v) is 6.97. The minimum absolute atomic E-state index is 0.249. The van der Waals surface area contributed by atoms with E-state index in [1.165, 1.54) is 0 Å². The number of hydrogen-bond acceptors (Lipinski definition) is 3. The maximum Gasteiger partial charge on any atom is 0.240 e. The van der Waals surface area contributed by atoms with Crippen LogP contribution in [0.4, 0.5) is 5.69 Å². The van der Waals surface area contributed by atoms with Crippen molar-refractivity contribution >= 4 is 22.1 Å². The van der Waals surface area contributed by atoms with E-state index in [2.05, 4.69) is 4.72 Å². The molecule has 23 heavy (non-hydrogen) atoms. The van der Waals surface area contributed by atoms with Gasteiger partial charge in [-0.3, -0.25) is 4.79 Å². The van der Waals surface area contributed by atoms with Gasteiger partial charge in [0.2, 0.25) is 16.4 Å². The van der Waals surface area contributed by atoms with Gasteiger partial charge in [-0.1, -0.05) is 35.9 Å². The average Bonchev–Trinajstić information content (AvgIpc) is 2.56. The van der Waals surface area contributed by atoms with Crippen molar-refractivity contribution in [2.24, 2.45) is 0 Å². The van der Waals surface area contributed by atoms with E-state index in [0.717, 1.165) is 17.7 Å². The molecule has 0 heterocycles. The molecule has 2 aromatic carbocycles. The number of rotatable bonds is 8. The van der Waals surface area contributed by atoms with E-state index in [1.54, 1.807) is 29.2 Å². The molecule has 0 atom stereocenters. The fraction of sp³-hybridized carbons (Fsp3) is 0.235. The van der Waals surface area contributed by atoms with Crippen molar-refractivity contribution in [1.82, 2.24) is 4.72 Å². The third-order valence-electron chi connectivity index (χ3n) is 3.41. The van der Waals surface area contributed by atoms with Gasteiger partial charge in [0.25, 0.3) is 0 Å². The molecule has 0 radical (unpaired) electrons. The summed E-state index contributed by atoms with van der Waals surface area (Å²) in [5.41, 5.74) is 1.80. The van der Waals surface area contributed by atoms with Gasteiger partial charge in [0.05, 0.1) is 4.90 Å². The second-order valence-electron chi connectivity index (χ2n) is 5.20. The topological polar surface area (TPSA) is 66.5 Å². The number of benzene rings is 2. The first kappa shape index (κ1) is 17.2. The van der Waals surface area contributed by atoms with Gasteiger partial charge in [0.1, 0.15) is 0 Å². The monoisotopic (exact) mass is 332 g/mol. The summed E-state index contributed by atoms with van der Waals surface area (Å²) in [6.07, 6.45) is 1.28. The first-order chi connectivity index (χ1) is 11.0. The number of nitrogens with one attached hydrogen (secondary N) is 1. The quantitative estimate of drug-likeness (QED) is 0.596. The number of amides is 1.